The van der Waals surface area contributed by atoms with E-state index in [1.54, 1.807) is 5.57 Å². The van der Waals surface area contributed by atoms with Gasteiger partial charge in [-0.2, -0.15) is 0 Å². The van der Waals surface area contributed by atoms with Crippen LogP contribution in [0.15, 0.2) is 23.8 Å². The van der Waals surface area contributed by atoms with E-state index in [1.165, 1.54) is 44.9 Å². The van der Waals surface area contributed by atoms with Gasteiger partial charge in [0.25, 0.3) is 0 Å². The van der Waals surface area contributed by atoms with Crippen LogP contribution in [-0.2, 0) is 14.3 Å². The average molecular weight is 499 g/mol. The predicted octanol–water partition coefficient (Wildman–Crippen LogP) is 7.83. The molecule has 0 bridgehead atoms. The van der Waals surface area contributed by atoms with Gasteiger partial charge in [0.05, 0.1) is 0 Å². The Morgan fingerprint density at radius 1 is 1.03 bits per heavy atom. The van der Waals surface area contributed by atoms with Gasteiger partial charge in [-0.3, -0.25) is 0 Å². The van der Waals surface area contributed by atoms with Gasteiger partial charge in [0.2, 0.25) is 0 Å². The van der Waals surface area contributed by atoms with Crippen molar-refractivity contribution < 1.29 is 19.4 Å². The number of carboxylic acid groups (broad SMARTS) is 1. The van der Waals surface area contributed by atoms with Gasteiger partial charge in [-0.15, -0.1) is 0 Å². The highest BCUT2D eigenvalue weighted by molar-refractivity contribution is 5.90. The van der Waals surface area contributed by atoms with E-state index >= 15 is 0 Å². The summed E-state index contributed by atoms with van der Waals surface area (Å²) in [6.45, 7) is 14.6. The number of esters is 1. The molecule has 0 radical (unpaired) electrons. The van der Waals surface area contributed by atoms with Crippen LogP contribution in [-0.4, -0.2) is 23.1 Å². The normalized spacial score (nSPS) is 40.8. The Kier molecular flexibility index (Phi) is 8.12. The van der Waals surface area contributed by atoms with Crippen LogP contribution in [0.2, 0.25) is 0 Å². The Balaban J connectivity index is 1.46. The molecule has 3 fully saturated rings. The van der Waals surface area contributed by atoms with Crippen molar-refractivity contribution in [3.63, 3.8) is 0 Å². The summed E-state index contributed by atoms with van der Waals surface area (Å²) in [4.78, 5) is 22.9. The van der Waals surface area contributed by atoms with E-state index in [-0.39, 0.29) is 17.4 Å². The zero-order chi connectivity index (χ0) is 26.3. The summed E-state index contributed by atoms with van der Waals surface area (Å²) in [6, 6.07) is 0. The Hall–Kier alpha value is -1.58. The number of carbonyl (C=O) groups excluding carboxylic acids is 1. The van der Waals surface area contributed by atoms with Crippen LogP contribution in [0.4, 0.5) is 0 Å². The van der Waals surface area contributed by atoms with Crippen LogP contribution in [0.25, 0.3) is 0 Å². The third-order valence-electron chi connectivity index (χ3n) is 11.4. The second-order valence-corrected chi connectivity index (χ2v) is 13.7. The molecule has 4 heteroatoms. The molecular formula is C32H50O4. The maximum absolute atomic E-state index is 12.2. The molecule has 0 unspecified atom stereocenters. The average Bonchev–Trinajstić information content (AvgIpc) is 3.16. The van der Waals surface area contributed by atoms with Crippen molar-refractivity contribution in [1.82, 2.24) is 0 Å². The van der Waals surface area contributed by atoms with Crippen LogP contribution in [0.1, 0.15) is 106 Å². The molecule has 4 aliphatic carbocycles. The lowest BCUT2D eigenvalue weighted by Crippen LogP contribution is -2.53. The lowest BCUT2D eigenvalue weighted by atomic mass is 9.46. The van der Waals surface area contributed by atoms with Crippen LogP contribution >= 0.6 is 0 Å². The molecule has 0 amide bonds. The summed E-state index contributed by atoms with van der Waals surface area (Å²) in [5.41, 5.74) is 2.51. The molecule has 0 aromatic rings. The zero-order valence-corrected chi connectivity index (χ0v) is 23.6. The largest absolute Gasteiger partial charge is 0.478 e. The number of rotatable bonds is 8. The molecule has 4 aliphatic rings. The summed E-state index contributed by atoms with van der Waals surface area (Å²) in [7, 11) is 0. The summed E-state index contributed by atoms with van der Waals surface area (Å²) in [5, 5.41) is 8.80. The van der Waals surface area contributed by atoms with Gasteiger partial charge in [-0.05, 0) is 97.2 Å². The fourth-order valence-electron chi connectivity index (χ4n) is 9.45. The summed E-state index contributed by atoms with van der Waals surface area (Å²) in [5.74, 6) is 3.05. The molecule has 4 rings (SSSR count). The van der Waals surface area contributed by atoms with E-state index in [4.69, 9.17) is 9.84 Å². The number of hydrogen-bond acceptors (Lipinski definition) is 3. The zero-order valence-electron chi connectivity index (χ0n) is 23.6. The quantitative estimate of drug-likeness (QED) is 0.210. The minimum absolute atomic E-state index is 0.125. The number of ether oxygens (including phenoxy) is 1. The van der Waals surface area contributed by atoms with Gasteiger partial charge in [0.15, 0.2) is 0 Å². The van der Waals surface area contributed by atoms with Crippen molar-refractivity contribution >= 4 is 11.9 Å². The molecule has 1 N–H and O–H groups in total. The van der Waals surface area contributed by atoms with Gasteiger partial charge < -0.3 is 9.84 Å². The van der Waals surface area contributed by atoms with Gasteiger partial charge in [0, 0.05) is 12.2 Å². The molecular weight excluding hydrogens is 448 g/mol. The van der Waals surface area contributed by atoms with E-state index in [1.807, 2.05) is 0 Å². The smallest absolute Gasteiger partial charge is 0.331 e. The highest BCUT2D eigenvalue weighted by Crippen LogP contribution is 2.67. The third kappa shape index (κ3) is 5.07. The molecule has 202 valence electrons. The number of allylic oxidation sites excluding steroid dienone is 2. The molecule has 3 saturated carbocycles. The van der Waals surface area contributed by atoms with E-state index < -0.39 is 11.9 Å². The first-order valence-corrected chi connectivity index (χ1v) is 14.8. The second kappa shape index (κ2) is 10.7. The molecule has 0 spiro atoms. The number of hydrogen-bond donors (Lipinski definition) is 1. The van der Waals surface area contributed by atoms with Crippen molar-refractivity contribution in [3.05, 3.63) is 23.8 Å². The lowest BCUT2D eigenvalue weighted by molar-refractivity contribution is -0.156. The first-order valence-electron chi connectivity index (χ1n) is 14.8. The molecule has 0 aliphatic heterocycles. The molecule has 0 saturated heterocycles. The standard InChI is InChI=1S/C32H50O4/c1-20(2)8-7-9-21(3)24-12-13-26-23-10-11-25-22(4)28(36-30(35)15-14-29(33)34)17-19-32(25,6)27(23)16-18-31(24,26)5/h10,14-15,20-22,24-28H,7-9,11-13,16-19H2,1-6H3,(H,33,34)/b15-14+/t21-,22+,24-,25+,26+,27+,28+,31-,32+/m1/s1. The van der Waals surface area contributed by atoms with Gasteiger partial charge in [-0.25, -0.2) is 9.59 Å². The lowest BCUT2D eigenvalue weighted by Gasteiger charge is -2.59. The maximum Gasteiger partial charge on any atom is 0.331 e. The molecule has 36 heavy (non-hydrogen) atoms. The fourth-order valence-corrected chi connectivity index (χ4v) is 9.45. The minimum atomic E-state index is -1.12. The van der Waals surface area contributed by atoms with Crippen molar-refractivity contribution in [2.45, 2.75) is 112 Å². The SMILES string of the molecule is CC(C)CCC[C@@H](C)[C@H]1CC[C@H]2C3=CC[C@H]4[C@H](C)[C@@H](OC(=O)/C=C/C(=O)O)CC[C@]4(C)[C@H]3CC[C@]12C. The summed E-state index contributed by atoms with van der Waals surface area (Å²) < 4.78 is 5.75. The van der Waals surface area contributed by atoms with Gasteiger partial charge in [0.1, 0.15) is 6.10 Å². The van der Waals surface area contributed by atoms with Crippen molar-refractivity contribution in [2.75, 3.05) is 0 Å². The first-order chi connectivity index (χ1) is 17.0. The summed E-state index contributed by atoms with van der Waals surface area (Å²) >= 11 is 0. The second-order valence-electron chi connectivity index (χ2n) is 13.7. The molecule has 4 nitrogen and oxygen atoms in total. The van der Waals surface area contributed by atoms with Crippen molar-refractivity contribution in [3.8, 4) is 0 Å². The van der Waals surface area contributed by atoms with Crippen molar-refractivity contribution in [1.29, 1.82) is 0 Å². The van der Waals surface area contributed by atoms with E-state index in [2.05, 4.69) is 47.6 Å². The van der Waals surface area contributed by atoms with Crippen LogP contribution < -0.4 is 0 Å². The minimum Gasteiger partial charge on any atom is -0.478 e. The number of aliphatic carboxylic acids is 1. The first kappa shape index (κ1) is 27.5. The molecule has 0 heterocycles. The Morgan fingerprint density at radius 3 is 2.42 bits per heavy atom. The topological polar surface area (TPSA) is 63.6 Å². The van der Waals surface area contributed by atoms with Crippen molar-refractivity contribution in [2.24, 2.45) is 52.3 Å². The highest BCUT2D eigenvalue weighted by Gasteiger charge is 2.59. The number of carbonyl (C=O) groups is 2. The van der Waals surface area contributed by atoms with E-state index in [9.17, 15) is 9.59 Å². The molecule has 0 aromatic heterocycles. The maximum atomic E-state index is 12.2. The summed E-state index contributed by atoms with van der Waals surface area (Å²) in [6.07, 6.45) is 17.0. The van der Waals surface area contributed by atoms with Crippen LogP contribution in [0, 0.1) is 52.3 Å². The monoisotopic (exact) mass is 498 g/mol. The van der Waals surface area contributed by atoms with Crippen LogP contribution in [0.3, 0.4) is 0 Å². The van der Waals surface area contributed by atoms with E-state index in [0.717, 1.165) is 55.1 Å². The van der Waals surface area contributed by atoms with Crippen LogP contribution in [0.5, 0.6) is 0 Å². The van der Waals surface area contributed by atoms with Gasteiger partial charge >= 0.3 is 11.9 Å². The number of fused-ring (bicyclic) bond motifs is 5. The molecule has 0 aromatic carbocycles. The Morgan fingerprint density at radius 2 is 1.72 bits per heavy atom. The fraction of sp³-hybridized carbons (Fsp3) is 0.812. The molecule has 9 atom stereocenters. The third-order valence-corrected chi connectivity index (χ3v) is 11.4. The highest BCUT2D eigenvalue weighted by atomic mass is 16.5. The van der Waals surface area contributed by atoms with Gasteiger partial charge in [-0.1, -0.05) is 72.5 Å². The Labute approximate surface area is 219 Å². The predicted molar refractivity (Wildman–Crippen MR) is 144 cm³/mol. The number of carboxylic acids is 1. The van der Waals surface area contributed by atoms with E-state index in [0.29, 0.717) is 17.3 Å². The Bertz CT molecular complexity index is 887.